The highest BCUT2D eigenvalue weighted by Crippen LogP contribution is 2.29. The number of carbonyl (C=O) groups excluding carboxylic acids is 1. The van der Waals surface area contributed by atoms with Gasteiger partial charge in [0.2, 0.25) is 0 Å². The maximum absolute atomic E-state index is 15.1. The van der Waals surface area contributed by atoms with Gasteiger partial charge in [0, 0.05) is 31.6 Å². The summed E-state index contributed by atoms with van der Waals surface area (Å²) in [6.07, 6.45) is -0.826. The number of nitrogens with one attached hydrogen (secondary N) is 1. The zero-order valence-electron chi connectivity index (χ0n) is 19.8. The van der Waals surface area contributed by atoms with Crippen LogP contribution in [0.2, 0.25) is 0 Å². The van der Waals surface area contributed by atoms with Crippen LogP contribution in [0.5, 0.6) is 0 Å². The van der Waals surface area contributed by atoms with E-state index >= 15 is 4.39 Å². The molecule has 1 N–H and O–H groups in total. The van der Waals surface area contributed by atoms with Crippen molar-refractivity contribution in [3.63, 3.8) is 0 Å². The minimum atomic E-state index is -0.486. The number of aromatic nitrogens is 1. The van der Waals surface area contributed by atoms with Crippen molar-refractivity contribution in [2.75, 3.05) is 49.1 Å². The Kier molecular flexibility index (Phi) is 6.97. The monoisotopic (exact) mass is 523 g/mol. The number of para-hydroxylation sites is 1. The molecule has 0 aliphatic carbocycles. The lowest BCUT2D eigenvalue weighted by Gasteiger charge is -2.37. The highest BCUT2D eigenvalue weighted by Gasteiger charge is 2.33. The van der Waals surface area contributed by atoms with Gasteiger partial charge in [0.05, 0.1) is 40.7 Å². The molecule has 0 unspecified atom stereocenters. The summed E-state index contributed by atoms with van der Waals surface area (Å²) in [5.74, 6) is -0.371. The van der Waals surface area contributed by atoms with E-state index in [0.29, 0.717) is 60.6 Å². The van der Waals surface area contributed by atoms with E-state index in [1.165, 1.54) is 11.0 Å². The molecule has 1 atom stereocenters. The van der Waals surface area contributed by atoms with E-state index in [9.17, 15) is 4.79 Å². The second-order valence-corrected chi connectivity index (χ2v) is 9.86. The fourth-order valence-electron chi connectivity index (χ4n) is 4.51. The lowest BCUT2D eigenvalue weighted by atomic mass is 10.2. The highest BCUT2D eigenvalue weighted by atomic mass is 32.1. The number of nitrogens with zero attached hydrogens (tertiary/aromatic N) is 4. The Balaban J connectivity index is 1.21. The van der Waals surface area contributed by atoms with E-state index in [1.54, 1.807) is 19.1 Å². The van der Waals surface area contributed by atoms with E-state index in [0.717, 1.165) is 16.6 Å². The Bertz CT molecular complexity index is 1330. The first-order valence-corrected chi connectivity index (χ1v) is 12.6. The fraction of sp³-hybridized carbons (Fsp3) is 0.308. The smallest absolute Gasteiger partial charge is 0.414 e. The van der Waals surface area contributed by atoms with Crippen molar-refractivity contribution < 1.29 is 13.9 Å². The normalized spacial score (nSPS) is 17.9. The van der Waals surface area contributed by atoms with Crippen LogP contribution in [0.3, 0.4) is 0 Å². The number of anilines is 2. The Hall–Kier alpha value is -3.37. The molecule has 1 aromatic heterocycles. The second kappa shape index (κ2) is 10.3. The molecule has 2 aliphatic rings. The standard InChI is InChI=1S/C26H26FN5O2S2/c1-17(35)28-15-20-16-32(26(33)34-20)19-7-9-24(21(27)14-19)30-10-12-31(13-11-30)25(36)23-8-6-18-4-2-3-5-22(18)29-23/h2-9,14,20H,10-13,15-16H2,1H3,(H,28,35)/t20-/m0/s1. The molecule has 3 aromatic rings. The summed E-state index contributed by atoms with van der Waals surface area (Å²) < 4.78 is 20.5. The molecule has 0 spiro atoms. The number of hydrogen-bond acceptors (Lipinski definition) is 6. The Morgan fingerprint density at radius 2 is 1.89 bits per heavy atom. The summed E-state index contributed by atoms with van der Waals surface area (Å²) in [5, 5.41) is 4.08. The number of ether oxygens (including phenoxy) is 1. The van der Waals surface area contributed by atoms with Crippen molar-refractivity contribution in [1.29, 1.82) is 0 Å². The van der Waals surface area contributed by atoms with Gasteiger partial charge in [0.1, 0.15) is 16.9 Å². The van der Waals surface area contributed by atoms with Crippen molar-refractivity contribution in [2.45, 2.75) is 13.0 Å². The van der Waals surface area contributed by atoms with E-state index in [4.69, 9.17) is 34.2 Å². The molecule has 2 aliphatic heterocycles. The van der Waals surface area contributed by atoms with Gasteiger partial charge in [-0.15, -0.1) is 0 Å². The third-order valence-electron chi connectivity index (χ3n) is 6.42. The first-order chi connectivity index (χ1) is 17.4. The molecule has 1 amide bonds. The van der Waals surface area contributed by atoms with Crippen LogP contribution in [-0.4, -0.2) is 71.3 Å². The SMILES string of the molecule is CC(=S)NC[C@H]1CN(c2ccc(N3CCN(C(=S)c4ccc5ccccc5n4)CC3)c(F)c2)C(=O)O1. The van der Waals surface area contributed by atoms with Gasteiger partial charge < -0.3 is 19.9 Å². The molecule has 5 rings (SSSR count). The summed E-state index contributed by atoms with van der Waals surface area (Å²) in [4.78, 5) is 23.9. The van der Waals surface area contributed by atoms with Gasteiger partial charge in [-0.05, 0) is 37.3 Å². The number of cyclic esters (lactones) is 1. The molecule has 3 heterocycles. The fourth-order valence-corrected chi connectivity index (χ4v) is 4.89. The largest absolute Gasteiger partial charge is 0.442 e. The Morgan fingerprint density at radius 3 is 2.64 bits per heavy atom. The van der Waals surface area contributed by atoms with Crippen LogP contribution in [-0.2, 0) is 4.74 Å². The lowest BCUT2D eigenvalue weighted by Crippen LogP contribution is -2.48. The van der Waals surface area contributed by atoms with E-state index in [-0.39, 0.29) is 11.9 Å². The zero-order valence-corrected chi connectivity index (χ0v) is 21.4. The van der Waals surface area contributed by atoms with Crippen molar-refractivity contribution in [2.24, 2.45) is 0 Å². The average molecular weight is 524 g/mol. The number of amides is 1. The molecule has 10 heteroatoms. The van der Waals surface area contributed by atoms with Gasteiger partial charge in [-0.1, -0.05) is 48.7 Å². The van der Waals surface area contributed by atoms with Gasteiger partial charge in [0.15, 0.2) is 0 Å². The van der Waals surface area contributed by atoms with Gasteiger partial charge in [-0.25, -0.2) is 14.2 Å². The summed E-state index contributed by atoms with van der Waals surface area (Å²) in [7, 11) is 0. The molecular weight excluding hydrogens is 497 g/mol. The minimum absolute atomic E-state index is 0.339. The molecule has 0 radical (unpaired) electrons. The van der Waals surface area contributed by atoms with Gasteiger partial charge in [-0.3, -0.25) is 4.90 Å². The number of hydrogen-bond donors (Lipinski definition) is 1. The number of thiocarbonyl (C=S) groups is 2. The molecular formula is C26H26FN5O2S2. The van der Waals surface area contributed by atoms with Crippen LogP contribution < -0.4 is 15.1 Å². The van der Waals surface area contributed by atoms with Gasteiger partial charge >= 0.3 is 6.09 Å². The van der Waals surface area contributed by atoms with Gasteiger partial charge in [-0.2, -0.15) is 0 Å². The molecule has 36 heavy (non-hydrogen) atoms. The number of halogens is 1. The molecule has 0 bridgehead atoms. The third-order valence-corrected chi connectivity index (χ3v) is 7.03. The molecule has 2 fully saturated rings. The maximum Gasteiger partial charge on any atom is 0.414 e. The van der Waals surface area contributed by atoms with E-state index in [1.807, 2.05) is 41.3 Å². The summed E-state index contributed by atoms with van der Waals surface area (Å²) in [6, 6.07) is 16.8. The van der Waals surface area contributed by atoms with Crippen molar-refractivity contribution in [1.82, 2.24) is 15.2 Å². The number of carbonyl (C=O) groups is 1. The van der Waals surface area contributed by atoms with Crippen molar-refractivity contribution in [3.8, 4) is 0 Å². The maximum atomic E-state index is 15.1. The molecule has 186 valence electrons. The summed E-state index contributed by atoms with van der Waals surface area (Å²) in [6.45, 7) is 5.12. The minimum Gasteiger partial charge on any atom is -0.442 e. The molecule has 2 aromatic carbocycles. The molecule has 0 saturated carbocycles. The van der Waals surface area contributed by atoms with Crippen LogP contribution in [0.15, 0.2) is 54.6 Å². The van der Waals surface area contributed by atoms with Crippen LogP contribution in [0.1, 0.15) is 12.6 Å². The molecule has 7 nitrogen and oxygen atoms in total. The number of rotatable bonds is 5. The number of fused-ring (bicyclic) bond motifs is 1. The molecule has 2 saturated heterocycles. The van der Waals surface area contributed by atoms with E-state index in [2.05, 4.69) is 10.2 Å². The first kappa shape index (κ1) is 24.3. The third kappa shape index (κ3) is 5.10. The Labute approximate surface area is 219 Å². The van der Waals surface area contributed by atoms with Crippen LogP contribution in [0.4, 0.5) is 20.6 Å². The lowest BCUT2D eigenvalue weighted by molar-refractivity contribution is 0.143. The number of benzene rings is 2. The Morgan fingerprint density at radius 1 is 1.11 bits per heavy atom. The second-order valence-electron chi connectivity index (χ2n) is 8.86. The van der Waals surface area contributed by atoms with Crippen LogP contribution >= 0.6 is 24.4 Å². The zero-order chi connectivity index (χ0) is 25.2. The first-order valence-electron chi connectivity index (χ1n) is 11.8. The van der Waals surface area contributed by atoms with E-state index < -0.39 is 6.09 Å². The van der Waals surface area contributed by atoms with Crippen LogP contribution in [0.25, 0.3) is 10.9 Å². The average Bonchev–Trinajstić information content (AvgIpc) is 3.27. The number of pyridine rings is 1. The van der Waals surface area contributed by atoms with Crippen molar-refractivity contribution in [3.05, 3.63) is 66.1 Å². The topological polar surface area (TPSA) is 60.9 Å². The van der Waals surface area contributed by atoms with Crippen molar-refractivity contribution >= 4 is 62.8 Å². The number of piperazine rings is 1. The predicted octanol–water partition coefficient (Wildman–Crippen LogP) is 4.13. The predicted molar refractivity (Wildman–Crippen MR) is 148 cm³/mol. The van der Waals surface area contributed by atoms with Gasteiger partial charge in [0.25, 0.3) is 0 Å². The summed E-state index contributed by atoms with van der Waals surface area (Å²) in [5.41, 5.74) is 2.68. The summed E-state index contributed by atoms with van der Waals surface area (Å²) >= 11 is 10.7. The highest BCUT2D eigenvalue weighted by molar-refractivity contribution is 7.80. The quantitative estimate of drug-likeness (QED) is 0.501. The van der Waals surface area contributed by atoms with Crippen LogP contribution in [0, 0.1) is 5.82 Å².